The zero-order chi connectivity index (χ0) is 11.7. The summed E-state index contributed by atoms with van der Waals surface area (Å²) in [6.07, 6.45) is 8.25. The number of benzene rings is 1. The van der Waals surface area contributed by atoms with Crippen molar-refractivity contribution in [2.75, 3.05) is 0 Å². The monoisotopic (exact) mass is 227 g/mol. The molecule has 0 radical (unpaired) electrons. The lowest BCUT2D eigenvalue weighted by Gasteiger charge is -2.12. The number of aryl methyl sites for hydroxylation is 1. The van der Waals surface area contributed by atoms with Gasteiger partial charge in [-0.3, -0.25) is 0 Å². The molecule has 0 spiro atoms. The Bertz CT molecular complexity index is 498. The molecule has 1 fully saturated rings. The van der Waals surface area contributed by atoms with Crippen LogP contribution in [0.4, 0.5) is 0 Å². The maximum absolute atomic E-state index is 6.14. The van der Waals surface area contributed by atoms with Gasteiger partial charge in [-0.25, -0.2) is 4.68 Å². The molecule has 2 N–H and O–H groups in total. The molecule has 0 amide bonds. The molecule has 3 nitrogen and oxygen atoms in total. The summed E-state index contributed by atoms with van der Waals surface area (Å²) in [6.45, 7) is 0. The van der Waals surface area contributed by atoms with Crippen molar-refractivity contribution < 1.29 is 0 Å². The van der Waals surface area contributed by atoms with Crippen LogP contribution in [0.2, 0.25) is 0 Å². The zero-order valence-corrected chi connectivity index (χ0v) is 9.84. The second-order valence-corrected chi connectivity index (χ2v) is 4.94. The molecule has 0 saturated heterocycles. The number of para-hydroxylation sites is 1. The molecule has 0 unspecified atom stereocenters. The number of aromatic nitrogens is 2. The summed E-state index contributed by atoms with van der Waals surface area (Å²) in [5.74, 6) is 0. The van der Waals surface area contributed by atoms with Gasteiger partial charge in [-0.15, -0.1) is 0 Å². The summed E-state index contributed by atoms with van der Waals surface area (Å²) >= 11 is 0. The van der Waals surface area contributed by atoms with E-state index in [1.165, 1.54) is 24.1 Å². The molecule has 1 aliphatic carbocycles. The predicted molar refractivity (Wildman–Crippen MR) is 68.0 cm³/mol. The molecule has 1 aliphatic rings. The average Bonchev–Trinajstić information content (AvgIpc) is 2.88. The Morgan fingerprint density at radius 2 is 2.06 bits per heavy atom. The van der Waals surface area contributed by atoms with Crippen molar-refractivity contribution in [1.82, 2.24) is 9.78 Å². The molecule has 1 aromatic carbocycles. The molecule has 1 saturated carbocycles. The van der Waals surface area contributed by atoms with Crippen molar-refractivity contribution in [3.63, 3.8) is 0 Å². The van der Waals surface area contributed by atoms with Gasteiger partial charge in [0.15, 0.2) is 0 Å². The van der Waals surface area contributed by atoms with Crippen LogP contribution in [0.5, 0.6) is 0 Å². The highest BCUT2D eigenvalue weighted by molar-refractivity contribution is 5.40. The van der Waals surface area contributed by atoms with Gasteiger partial charge in [-0.05, 0) is 43.4 Å². The van der Waals surface area contributed by atoms with E-state index in [-0.39, 0.29) is 5.54 Å². The van der Waals surface area contributed by atoms with E-state index < -0.39 is 0 Å². The third-order valence-electron chi connectivity index (χ3n) is 3.53. The summed E-state index contributed by atoms with van der Waals surface area (Å²) in [6, 6.07) is 10.4. The highest BCUT2D eigenvalue weighted by Gasteiger charge is 2.37. The first-order valence-electron chi connectivity index (χ1n) is 6.14. The molecule has 2 aromatic rings. The lowest BCUT2D eigenvalue weighted by molar-refractivity contribution is 0.607. The van der Waals surface area contributed by atoms with E-state index in [0.29, 0.717) is 0 Å². The Morgan fingerprint density at radius 3 is 2.76 bits per heavy atom. The summed E-state index contributed by atoms with van der Waals surface area (Å²) in [5, 5.41) is 4.29. The molecule has 0 aliphatic heterocycles. The maximum Gasteiger partial charge on any atom is 0.0677 e. The summed E-state index contributed by atoms with van der Waals surface area (Å²) in [4.78, 5) is 0. The number of hydrogen-bond donors (Lipinski definition) is 1. The molecule has 0 bridgehead atoms. The van der Waals surface area contributed by atoms with E-state index in [0.717, 1.165) is 12.8 Å². The van der Waals surface area contributed by atoms with Gasteiger partial charge < -0.3 is 5.73 Å². The smallest absolute Gasteiger partial charge is 0.0677 e. The van der Waals surface area contributed by atoms with Crippen LogP contribution in [-0.2, 0) is 6.42 Å². The Balaban J connectivity index is 1.83. The SMILES string of the molecule is NC1(CCc2ccccc2-n2cccn2)CC1. The van der Waals surface area contributed by atoms with E-state index in [1.54, 1.807) is 0 Å². The van der Waals surface area contributed by atoms with Crippen LogP contribution < -0.4 is 5.73 Å². The molecule has 1 heterocycles. The molecule has 0 atom stereocenters. The second-order valence-electron chi connectivity index (χ2n) is 4.94. The fourth-order valence-corrected chi connectivity index (χ4v) is 2.15. The van der Waals surface area contributed by atoms with Crippen LogP contribution in [0, 0.1) is 0 Å². The van der Waals surface area contributed by atoms with Crippen LogP contribution >= 0.6 is 0 Å². The van der Waals surface area contributed by atoms with Crippen LogP contribution in [-0.4, -0.2) is 15.3 Å². The standard InChI is InChI=1S/C14H17N3/c15-14(8-9-14)7-6-12-4-1-2-5-13(12)17-11-3-10-16-17/h1-5,10-11H,6-9,15H2. The zero-order valence-electron chi connectivity index (χ0n) is 9.84. The molecule has 3 heteroatoms. The lowest BCUT2D eigenvalue weighted by atomic mass is 10.0. The van der Waals surface area contributed by atoms with Crippen molar-refractivity contribution >= 4 is 0 Å². The van der Waals surface area contributed by atoms with Gasteiger partial charge in [0.05, 0.1) is 5.69 Å². The second kappa shape index (κ2) is 4.00. The van der Waals surface area contributed by atoms with E-state index in [9.17, 15) is 0 Å². The minimum atomic E-state index is 0.122. The van der Waals surface area contributed by atoms with E-state index in [4.69, 9.17) is 5.73 Å². The van der Waals surface area contributed by atoms with E-state index >= 15 is 0 Å². The van der Waals surface area contributed by atoms with Crippen molar-refractivity contribution in [2.45, 2.75) is 31.2 Å². The normalized spacial score (nSPS) is 17.0. The Labute approximate surface area is 101 Å². The Kier molecular flexibility index (Phi) is 2.48. The summed E-state index contributed by atoms with van der Waals surface area (Å²) in [5.41, 5.74) is 8.76. The molecule has 17 heavy (non-hydrogen) atoms. The van der Waals surface area contributed by atoms with Crippen LogP contribution in [0.3, 0.4) is 0 Å². The minimum absolute atomic E-state index is 0.122. The number of hydrogen-bond acceptors (Lipinski definition) is 2. The topological polar surface area (TPSA) is 43.8 Å². The third kappa shape index (κ3) is 2.24. The lowest BCUT2D eigenvalue weighted by Crippen LogP contribution is -2.22. The van der Waals surface area contributed by atoms with Crippen molar-refractivity contribution in [3.05, 3.63) is 48.3 Å². The van der Waals surface area contributed by atoms with Crippen molar-refractivity contribution in [1.29, 1.82) is 0 Å². The predicted octanol–water partition coefficient (Wildman–Crippen LogP) is 2.30. The fourth-order valence-electron chi connectivity index (χ4n) is 2.15. The molecular formula is C14H17N3. The first-order chi connectivity index (χ1) is 8.27. The summed E-state index contributed by atoms with van der Waals surface area (Å²) < 4.78 is 1.92. The quantitative estimate of drug-likeness (QED) is 0.871. The van der Waals surface area contributed by atoms with Crippen LogP contribution in [0.25, 0.3) is 5.69 Å². The molecule has 88 valence electrons. The van der Waals surface area contributed by atoms with Crippen molar-refractivity contribution in [3.8, 4) is 5.69 Å². The van der Waals surface area contributed by atoms with Crippen LogP contribution in [0.1, 0.15) is 24.8 Å². The maximum atomic E-state index is 6.14. The first kappa shape index (κ1) is 10.5. The van der Waals surface area contributed by atoms with Gasteiger partial charge in [-0.2, -0.15) is 5.10 Å². The first-order valence-corrected chi connectivity index (χ1v) is 6.14. The highest BCUT2D eigenvalue weighted by Crippen LogP contribution is 2.36. The van der Waals surface area contributed by atoms with Crippen molar-refractivity contribution in [2.24, 2.45) is 5.73 Å². The van der Waals surface area contributed by atoms with Gasteiger partial charge in [0.25, 0.3) is 0 Å². The minimum Gasteiger partial charge on any atom is -0.325 e. The number of nitrogens with zero attached hydrogens (tertiary/aromatic N) is 2. The van der Waals surface area contributed by atoms with Gasteiger partial charge in [0.2, 0.25) is 0 Å². The number of nitrogens with two attached hydrogens (primary N) is 1. The van der Waals surface area contributed by atoms with E-state index in [1.807, 2.05) is 23.1 Å². The molecule has 3 rings (SSSR count). The Hall–Kier alpha value is -1.61. The molecule has 1 aromatic heterocycles. The van der Waals surface area contributed by atoms with Crippen LogP contribution in [0.15, 0.2) is 42.7 Å². The molecular weight excluding hydrogens is 210 g/mol. The number of rotatable bonds is 4. The largest absolute Gasteiger partial charge is 0.325 e. The van der Waals surface area contributed by atoms with Gasteiger partial charge in [0, 0.05) is 17.9 Å². The van der Waals surface area contributed by atoms with E-state index in [2.05, 4.69) is 29.4 Å². The van der Waals surface area contributed by atoms with Gasteiger partial charge in [0.1, 0.15) is 0 Å². The third-order valence-corrected chi connectivity index (χ3v) is 3.53. The highest BCUT2D eigenvalue weighted by atomic mass is 15.3. The van der Waals surface area contributed by atoms with Gasteiger partial charge in [-0.1, -0.05) is 18.2 Å². The Morgan fingerprint density at radius 1 is 1.24 bits per heavy atom. The average molecular weight is 227 g/mol. The van der Waals surface area contributed by atoms with Gasteiger partial charge >= 0.3 is 0 Å². The fraction of sp³-hybridized carbons (Fsp3) is 0.357. The summed E-state index contributed by atoms with van der Waals surface area (Å²) in [7, 11) is 0.